The Balaban J connectivity index is 1.25. The van der Waals surface area contributed by atoms with Crippen LogP contribution in [0.25, 0.3) is 44.4 Å². The van der Waals surface area contributed by atoms with Crippen LogP contribution in [-0.2, 0) is 6.54 Å². The van der Waals surface area contributed by atoms with Crippen LogP contribution in [0.15, 0.2) is 103 Å². The van der Waals surface area contributed by atoms with Gasteiger partial charge in [0.25, 0.3) is 5.91 Å². The predicted octanol–water partition coefficient (Wildman–Crippen LogP) is 6.68. The number of hydrogen-bond donors (Lipinski definition) is 1. The van der Waals surface area contributed by atoms with Gasteiger partial charge in [-0.1, -0.05) is 77.0 Å². The summed E-state index contributed by atoms with van der Waals surface area (Å²) in [6.07, 6.45) is 3.55. The molecule has 0 saturated carbocycles. The molecule has 1 N–H and O–H groups in total. The molecular weight excluding hydrogens is 534 g/mol. The number of pyridine rings is 1. The second-order valence-corrected chi connectivity index (χ2v) is 10.9. The minimum absolute atomic E-state index is 0.227. The minimum atomic E-state index is -0.237. The van der Waals surface area contributed by atoms with Crippen LogP contribution in [0, 0.1) is 20.8 Å². The van der Waals surface area contributed by atoms with Gasteiger partial charge in [0.05, 0.1) is 47.0 Å². The number of aromatic nitrogens is 6. The van der Waals surface area contributed by atoms with Gasteiger partial charge in [-0.15, -0.1) is 5.10 Å². The lowest BCUT2D eigenvalue weighted by atomic mass is 10.0. The topological polar surface area (TPSA) is 90.5 Å². The Morgan fingerprint density at radius 3 is 2.44 bits per heavy atom. The highest BCUT2D eigenvalue weighted by molar-refractivity contribution is 6.07. The predicted molar refractivity (Wildman–Crippen MR) is 169 cm³/mol. The lowest BCUT2D eigenvalue weighted by Crippen LogP contribution is -2.23. The van der Waals surface area contributed by atoms with Gasteiger partial charge in [-0.3, -0.25) is 4.79 Å². The standard InChI is InChI=1S/C35H29N7O/c1-22-8-13-29(14-9-22)42-34-31(20-37-42)30(18-32(38-34)27-12-11-25-6-4-5-7-26(25)17-27)35(43)36-19-28-21-41(40-39-28)33-15-10-23(2)16-24(33)3/h4-18,20-21H,19H2,1-3H3,(H,36,43). The normalized spacial score (nSPS) is 11.3. The molecule has 0 bridgehead atoms. The van der Waals surface area contributed by atoms with Crippen LogP contribution in [0.1, 0.15) is 32.7 Å². The van der Waals surface area contributed by atoms with Crippen LogP contribution in [0.3, 0.4) is 0 Å². The second kappa shape index (κ2) is 10.6. The molecule has 0 spiro atoms. The van der Waals surface area contributed by atoms with E-state index in [-0.39, 0.29) is 12.5 Å². The van der Waals surface area contributed by atoms with E-state index in [2.05, 4.69) is 58.0 Å². The monoisotopic (exact) mass is 563 g/mol. The summed E-state index contributed by atoms with van der Waals surface area (Å²) < 4.78 is 3.52. The molecule has 0 unspecified atom stereocenters. The maximum Gasteiger partial charge on any atom is 0.252 e. The van der Waals surface area contributed by atoms with E-state index in [1.807, 2.05) is 80.7 Å². The number of nitrogens with one attached hydrogen (secondary N) is 1. The molecule has 4 aromatic carbocycles. The zero-order chi connectivity index (χ0) is 29.5. The Kier molecular flexibility index (Phi) is 6.51. The van der Waals surface area contributed by atoms with Crippen molar-refractivity contribution in [2.75, 3.05) is 0 Å². The van der Waals surface area contributed by atoms with E-state index < -0.39 is 0 Å². The summed E-state index contributed by atoms with van der Waals surface area (Å²) in [7, 11) is 0. The number of benzene rings is 4. The van der Waals surface area contributed by atoms with Crippen LogP contribution >= 0.6 is 0 Å². The average molecular weight is 564 g/mol. The van der Waals surface area contributed by atoms with Gasteiger partial charge in [0, 0.05) is 5.56 Å². The number of carbonyl (C=O) groups excluding carboxylic acids is 1. The third-order valence-electron chi connectivity index (χ3n) is 7.68. The van der Waals surface area contributed by atoms with Gasteiger partial charge in [0.1, 0.15) is 5.69 Å². The molecule has 43 heavy (non-hydrogen) atoms. The Bertz CT molecular complexity index is 2140. The van der Waals surface area contributed by atoms with E-state index in [4.69, 9.17) is 4.98 Å². The van der Waals surface area contributed by atoms with Crippen molar-refractivity contribution in [2.24, 2.45) is 0 Å². The number of fused-ring (bicyclic) bond motifs is 2. The summed E-state index contributed by atoms with van der Waals surface area (Å²) in [5, 5.41) is 19.2. The first-order valence-electron chi connectivity index (χ1n) is 14.1. The summed E-state index contributed by atoms with van der Waals surface area (Å²) in [5.41, 5.74) is 8.64. The molecule has 0 saturated heterocycles. The van der Waals surface area contributed by atoms with Crippen molar-refractivity contribution in [1.29, 1.82) is 0 Å². The van der Waals surface area contributed by atoms with E-state index in [1.165, 1.54) is 5.56 Å². The van der Waals surface area contributed by atoms with Crippen LogP contribution in [0.4, 0.5) is 0 Å². The molecule has 8 heteroatoms. The fourth-order valence-electron chi connectivity index (χ4n) is 5.39. The lowest BCUT2D eigenvalue weighted by molar-refractivity contribution is 0.0952. The number of hydrogen-bond acceptors (Lipinski definition) is 5. The molecule has 0 atom stereocenters. The number of nitrogens with zero attached hydrogens (tertiary/aromatic N) is 6. The van der Waals surface area contributed by atoms with Crippen molar-refractivity contribution in [3.63, 3.8) is 0 Å². The summed E-state index contributed by atoms with van der Waals surface area (Å²) in [6.45, 7) is 6.38. The summed E-state index contributed by atoms with van der Waals surface area (Å²) in [4.78, 5) is 18.8. The molecule has 3 aromatic heterocycles. The van der Waals surface area contributed by atoms with Crippen molar-refractivity contribution in [2.45, 2.75) is 27.3 Å². The first-order valence-corrected chi connectivity index (χ1v) is 14.1. The van der Waals surface area contributed by atoms with Crippen molar-refractivity contribution < 1.29 is 4.79 Å². The van der Waals surface area contributed by atoms with Gasteiger partial charge in [-0.25, -0.2) is 14.3 Å². The van der Waals surface area contributed by atoms with Crippen molar-refractivity contribution in [3.05, 3.63) is 131 Å². The third-order valence-corrected chi connectivity index (χ3v) is 7.68. The summed E-state index contributed by atoms with van der Waals surface area (Å²) in [6, 6.07) is 30.5. The fraction of sp³-hybridized carbons (Fsp3) is 0.114. The largest absolute Gasteiger partial charge is 0.346 e. The number of rotatable bonds is 6. The Morgan fingerprint density at radius 2 is 1.63 bits per heavy atom. The van der Waals surface area contributed by atoms with Gasteiger partial charge >= 0.3 is 0 Å². The first-order chi connectivity index (χ1) is 20.9. The molecule has 0 aliphatic heterocycles. The Morgan fingerprint density at radius 1 is 0.837 bits per heavy atom. The van der Waals surface area contributed by atoms with Gasteiger partial charge in [-0.05, 0) is 67.4 Å². The van der Waals surface area contributed by atoms with Gasteiger partial charge < -0.3 is 5.32 Å². The molecule has 7 aromatic rings. The second-order valence-electron chi connectivity index (χ2n) is 10.9. The SMILES string of the molecule is Cc1ccc(-n2ncc3c(C(=O)NCc4cn(-c5ccc(C)cc5C)nn4)cc(-c4ccc5ccccc5c4)nc32)cc1. The van der Waals surface area contributed by atoms with Crippen LogP contribution in [-0.4, -0.2) is 35.7 Å². The zero-order valence-electron chi connectivity index (χ0n) is 24.1. The number of aryl methyl sites for hydroxylation is 3. The minimum Gasteiger partial charge on any atom is -0.346 e. The molecule has 7 rings (SSSR count). The molecule has 0 aliphatic carbocycles. The summed E-state index contributed by atoms with van der Waals surface area (Å²) >= 11 is 0. The van der Waals surface area contributed by atoms with E-state index in [0.717, 1.165) is 38.8 Å². The maximum atomic E-state index is 13.8. The number of carbonyl (C=O) groups is 1. The smallest absolute Gasteiger partial charge is 0.252 e. The van der Waals surface area contributed by atoms with Crippen LogP contribution < -0.4 is 5.32 Å². The molecule has 0 radical (unpaired) electrons. The highest BCUT2D eigenvalue weighted by Gasteiger charge is 2.19. The Hall–Kier alpha value is -5.63. The molecule has 0 fully saturated rings. The van der Waals surface area contributed by atoms with E-state index in [1.54, 1.807) is 15.6 Å². The third kappa shape index (κ3) is 5.04. The quantitative estimate of drug-likeness (QED) is 0.244. The summed E-state index contributed by atoms with van der Waals surface area (Å²) in [5.74, 6) is -0.237. The van der Waals surface area contributed by atoms with Crippen LogP contribution in [0.5, 0.6) is 0 Å². The van der Waals surface area contributed by atoms with Crippen molar-refractivity contribution in [1.82, 2.24) is 35.1 Å². The molecule has 0 aliphatic rings. The first kappa shape index (κ1) is 26.3. The zero-order valence-corrected chi connectivity index (χ0v) is 24.1. The highest BCUT2D eigenvalue weighted by Crippen LogP contribution is 2.29. The molecule has 3 heterocycles. The van der Waals surface area contributed by atoms with E-state index in [0.29, 0.717) is 28.0 Å². The maximum absolute atomic E-state index is 13.8. The number of amides is 1. The van der Waals surface area contributed by atoms with Gasteiger partial charge in [0.2, 0.25) is 0 Å². The average Bonchev–Trinajstić information content (AvgIpc) is 3.67. The fourth-order valence-corrected chi connectivity index (χ4v) is 5.39. The molecule has 1 amide bonds. The molecular formula is C35H29N7O. The van der Waals surface area contributed by atoms with Crippen LogP contribution in [0.2, 0.25) is 0 Å². The van der Waals surface area contributed by atoms with Gasteiger partial charge in [0.15, 0.2) is 5.65 Å². The van der Waals surface area contributed by atoms with Gasteiger partial charge in [-0.2, -0.15) is 5.10 Å². The van der Waals surface area contributed by atoms with Crippen molar-refractivity contribution >= 4 is 27.7 Å². The lowest BCUT2D eigenvalue weighted by Gasteiger charge is -2.10. The highest BCUT2D eigenvalue weighted by atomic mass is 16.1. The molecule has 210 valence electrons. The van der Waals surface area contributed by atoms with Crippen molar-refractivity contribution in [3.8, 4) is 22.6 Å². The van der Waals surface area contributed by atoms with E-state index >= 15 is 0 Å². The van der Waals surface area contributed by atoms with E-state index in [9.17, 15) is 4.79 Å². The Labute approximate surface area is 248 Å². The molecule has 8 nitrogen and oxygen atoms in total.